The monoisotopic (exact) mass is 319 g/mol. The molecule has 1 aromatic heterocycles. The van der Waals surface area contributed by atoms with Crippen LogP contribution in [0.2, 0.25) is 0 Å². The molecule has 0 radical (unpaired) electrons. The van der Waals surface area contributed by atoms with Gasteiger partial charge in [0.1, 0.15) is 11.5 Å². The fourth-order valence-electron chi connectivity index (χ4n) is 2.50. The second-order valence-corrected chi connectivity index (χ2v) is 6.50. The van der Waals surface area contributed by atoms with E-state index in [-0.39, 0.29) is 17.0 Å². The highest BCUT2D eigenvalue weighted by Gasteiger charge is 2.22. The third-order valence-electron chi connectivity index (χ3n) is 3.50. The van der Waals surface area contributed by atoms with Crippen LogP contribution in [0, 0.1) is 11.2 Å². The highest BCUT2D eigenvalue weighted by atomic mass is 19.1. The number of rotatable bonds is 6. The first-order chi connectivity index (χ1) is 10.8. The zero-order valence-electron chi connectivity index (χ0n) is 13.6. The summed E-state index contributed by atoms with van der Waals surface area (Å²) < 4.78 is 15.1. The zero-order chi connectivity index (χ0) is 17.0. The minimum absolute atomic E-state index is 0.223. The molecule has 1 aromatic carbocycles. The van der Waals surface area contributed by atoms with Crippen LogP contribution < -0.4 is 5.32 Å². The third kappa shape index (κ3) is 4.63. The van der Waals surface area contributed by atoms with Gasteiger partial charge in [-0.15, -0.1) is 0 Å². The van der Waals surface area contributed by atoms with E-state index in [9.17, 15) is 14.3 Å². The number of nitrogens with zero attached hydrogens (tertiary/aromatic N) is 2. The summed E-state index contributed by atoms with van der Waals surface area (Å²) in [5.41, 5.74) is 0.292. The summed E-state index contributed by atoms with van der Waals surface area (Å²) in [6, 6.07) is 7.78. The molecule has 0 aliphatic carbocycles. The van der Waals surface area contributed by atoms with Crippen molar-refractivity contribution < 1.29 is 14.3 Å². The van der Waals surface area contributed by atoms with Crippen LogP contribution in [0.15, 0.2) is 36.5 Å². The van der Waals surface area contributed by atoms with Crippen molar-refractivity contribution in [1.82, 2.24) is 15.1 Å². The molecule has 0 spiro atoms. The van der Waals surface area contributed by atoms with Gasteiger partial charge in [-0.3, -0.25) is 4.79 Å². The van der Waals surface area contributed by atoms with Crippen LogP contribution in [0.5, 0.6) is 0 Å². The van der Waals surface area contributed by atoms with Gasteiger partial charge in [0.2, 0.25) is 0 Å². The van der Waals surface area contributed by atoms with E-state index in [2.05, 4.69) is 10.4 Å². The van der Waals surface area contributed by atoms with Crippen molar-refractivity contribution in [3.63, 3.8) is 0 Å². The van der Waals surface area contributed by atoms with Crippen molar-refractivity contribution in [1.29, 1.82) is 0 Å². The first kappa shape index (κ1) is 17.1. The first-order valence-corrected chi connectivity index (χ1v) is 7.55. The summed E-state index contributed by atoms with van der Waals surface area (Å²) in [4.78, 5) is 12.2. The Hall–Kier alpha value is -2.21. The number of aromatic nitrogens is 2. The summed E-state index contributed by atoms with van der Waals surface area (Å²) in [6.45, 7) is 6.08. The molecule has 1 heterocycles. The fourth-order valence-corrected chi connectivity index (χ4v) is 2.50. The molecular weight excluding hydrogens is 297 g/mol. The van der Waals surface area contributed by atoms with Crippen molar-refractivity contribution in [3.05, 3.63) is 48.0 Å². The molecule has 6 heteroatoms. The predicted octanol–water partition coefficient (Wildman–Crippen LogP) is 2.54. The molecule has 2 rings (SSSR count). The fraction of sp³-hybridized carbons (Fsp3) is 0.412. The molecule has 0 aliphatic rings. The number of nitrogens with one attached hydrogen (secondary N) is 1. The zero-order valence-corrected chi connectivity index (χ0v) is 13.6. The maximum absolute atomic E-state index is 13.7. The van der Waals surface area contributed by atoms with Gasteiger partial charge in [0.15, 0.2) is 5.69 Å². The second kappa shape index (κ2) is 6.91. The normalized spacial score (nSPS) is 12.9. The average molecular weight is 319 g/mol. The molecular formula is C17H22FN3O2. The van der Waals surface area contributed by atoms with E-state index in [1.807, 2.05) is 13.8 Å². The maximum Gasteiger partial charge on any atom is 0.271 e. The Morgan fingerprint density at radius 2 is 2.09 bits per heavy atom. The molecule has 124 valence electrons. The van der Waals surface area contributed by atoms with Crippen LogP contribution in [0.25, 0.3) is 5.69 Å². The quantitative estimate of drug-likeness (QED) is 0.860. The molecule has 1 atom stereocenters. The molecule has 1 amide bonds. The number of halogens is 1. The predicted molar refractivity (Wildman–Crippen MR) is 85.9 cm³/mol. The van der Waals surface area contributed by atoms with Crippen LogP contribution in [-0.2, 0) is 0 Å². The molecule has 0 fully saturated rings. The number of carbonyl (C=O) groups excluding carboxylic acids is 1. The average Bonchev–Trinajstić information content (AvgIpc) is 2.93. The highest BCUT2D eigenvalue weighted by molar-refractivity contribution is 5.92. The Morgan fingerprint density at radius 3 is 2.74 bits per heavy atom. The smallest absolute Gasteiger partial charge is 0.271 e. The van der Waals surface area contributed by atoms with E-state index < -0.39 is 11.9 Å². The largest absolute Gasteiger partial charge is 0.393 e. The number of para-hydroxylation sites is 1. The lowest BCUT2D eigenvalue weighted by Crippen LogP contribution is -2.35. The van der Waals surface area contributed by atoms with Crippen LogP contribution in [-0.4, -0.2) is 33.4 Å². The van der Waals surface area contributed by atoms with Crippen molar-refractivity contribution in [2.45, 2.75) is 33.3 Å². The number of benzene rings is 1. The molecule has 2 N–H and O–H groups in total. The van der Waals surface area contributed by atoms with E-state index >= 15 is 0 Å². The van der Waals surface area contributed by atoms with Gasteiger partial charge in [0.25, 0.3) is 5.91 Å². The third-order valence-corrected chi connectivity index (χ3v) is 3.50. The van der Waals surface area contributed by atoms with Crippen LogP contribution >= 0.6 is 0 Å². The van der Waals surface area contributed by atoms with Crippen molar-refractivity contribution in [2.75, 3.05) is 6.54 Å². The minimum atomic E-state index is -0.429. The van der Waals surface area contributed by atoms with Gasteiger partial charge in [-0.25, -0.2) is 9.07 Å². The lowest BCUT2D eigenvalue weighted by molar-refractivity contribution is 0.0897. The number of amides is 1. The molecule has 1 unspecified atom stereocenters. The van der Waals surface area contributed by atoms with Gasteiger partial charge in [0, 0.05) is 12.7 Å². The number of carbonyl (C=O) groups is 1. The lowest BCUT2D eigenvalue weighted by atomic mass is 9.87. The highest BCUT2D eigenvalue weighted by Crippen LogP contribution is 2.21. The number of aliphatic hydroxyl groups is 1. The molecule has 23 heavy (non-hydrogen) atoms. The first-order valence-electron chi connectivity index (χ1n) is 7.55. The summed E-state index contributed by atoms with van der Waals surface area (Å²) in [6.07, 6.45) is 1.70. The van der Waals surface area contributed by atoms with E-state index in [1.54, 1.807) is 37.4 Å². The molecule has 0 saturated heterocycles. The van der Waals surface area contributed by atoms with E-state index in [1.165, 1.54) is 10.7 Å². The number of hydrogen-bond donors (Lipinski definition) is 2. The summed E-state index contributed by atoms with van der Waals surface area (Å²) >= 11 is 0. The van der Waals surface area contributed by atoms with Crippen LogP contribution in [0.1, 0.15) is 37.7 Å². The molecule has 0 aliphatic heterocycles. The molecule has 0 bridgehead atoms. The van der Waals surface area contributed by atoms with Gasteiger partial charge in [-0.1, -0.05) is 26.0 Å². The maximum atomic E-state index is 13.7. The van der Waals surface area contributed by atoms with Crippen LogP contribution in [0.3, 0.4) is 0 Å². The Bertz CT molecular complexity index is 680. The van der Waals surface area contributed by atoms with Gasteiger partial charge in [-0.05, 0) is 37.0 Å². The van der Waals surface area contributed by atoms with Crippen molar-refractivity contribution in [3.8, 4) is 5.69 Å². The van der Waals surface area contributed by atoms with Gasteiger partial charge < -0.3 is 10.4 Å². The van der Waals surface area contributed by atoms with Crippen molar-refractivity contribution in [2.24, 2.45) is 5.41 Å². The van der Waals surface area contributed by atoms with E-state index in [0.29, 0.717) is 18.7 Å². The van der Waals surface area contributed by atoms with Gasteiger partial charge >= 0.3 is 0 Å². The lowest BCUT2D eigenvalue weighted by Gasteiger charge is -2.26. The van der Waals surface area contributed by atoms with E-state index in [0.717, 1.165) is 0 Å². The Labute approximate surface area is 135 Å². The summed E-state index contributed by atoms with van der Waals surface area (Å²) in [7, 11) is 0. The minimum Gasteiger partial charge on any atom is -0.393 e. The molecule has 5 nitrogen and oxygen atoms in total. The molecule has 2 aromatic rings. The number of hydrogen-bond acceptors (Lipinski definition) is 3. The Morgan fingerprint density at radius 1 is 1.39 bits per heavy atom. The molecule has 0 saturated carbocycles. The van der Waals surface area contributed by atoms with Gasteiger partial charge in [0.05, 0.1) is 6.10 Å². The standard InChI is InChI=1S/C17H22FN3O2/c1-12(22)10-17(2,3)11-19-16(23)14-8-9-21(20-14)15-7-5-4-6-13(15)18/h4-9,12,22H,10-11H2,1-3H3,(H,19,23). The summed E-state index contributed by atoms with van der Waals surface area (Å²) in [5.74, 6) is -0.723. The SMILES string of the molecule is CC(O)CC(C)(C)CNC(=O)c1ccn(-c2ccccc2F)n1. The van der Waals surface area contributed by atoms with Crippen molar-refractivity contribution >= 4 is 5.91 Å². The Kier molecular flexibility index (Phi) is 5.15. The Balaban J connectivity index is 2.03. The number of aliphatic hydroxyl groups excluding tert-OH is 1. The topological polar surface area (TPSA) is 67.2 Å². The summed E-state index contributed by atoms with van der Waals surface area (Å²) in [5, 5.41) is 16.4. The van der Waals surface area contributed by atoms with Crippen LogP contribution in [0.4, 0.5) is 4.39 Å². The van der Waals surface area contributed by atoms with E-state index in [4.69, 9.17) is 0 Å². The van der Waals surface area contributed by atoms with Gasteiger partial charge in [-0.2, -0.15) is 5.10 Å². The second-order valence-electron chi connectivity index (χ2n) is 6.50.